The average molecular weight is 264 g/mol. The smallest absolute Gasteiger partial charge is 0.226 e. The number of ether oxygens (including phenoxy) is 1. The van der Waals surface area contributed by atoms with Gasteiger partial charge in [-0.1, -0.05) is 0 Å². The minimum Gasteiger partial charge on any atom is -0.550 e. The number of fused-ring (bicyclic) bond motifs is 2. The van der Waals surface area contributed by atoms with E-state index in [2.05, 4.69) is 5.32 Å². The molecular formula is C13H14NO5-. The molecule has 0 saturated carbocycles. The summed E-state index contributed by atoms with van der Waals surface area (Å²) in [5.74, 6) is -2.38. The molecule has 0 unspecified atom stereocenters. The molecule has 6 nitrogen and oxygen atoms in total. The molecule has 1 N–H and O–H groups in total. The molecule has 3 rings (SSSR count). The molecule has 1 aromatic heterocycles. The first kappa shape index (κ1) is 12.2. The van der Waals surface area contributed by atoms with Crippen molar-refractivity contribution in [3.05, 3.63) is 24.2 Å². The van der Waals surface area contributed by atoms with Crippen molar-refractivity contribution in [3.8, 4) is 0 Å². The second-order valence-electron chi connectivity index (χ2n) is 4.96. The van der Waals surface area contributed by atoms with Crippen LogP contribution in [0.4, 0.5) is 0 Å². The topological polar surface area (TPSA) is 91.6 Å². The lowest BCUT2D eigenvalue weighted by molar-refractivity contribution is -0.314. The molecule has 0 aromatic carbocycles. The summed E-state index contributed by atoms with van der Waals surface area (Å²) in [7, 11) is 0. The highest BCUT2D eigenvalue weighted by atomic mass is 16.5. The molecule has 0 aliphatic carbocycles. The molecule has 102 valence electrons. The number of amides is 1. The fraction of sp³-hybridized carbons (Fsp3) is 0.538. The Balaban J connectivity index is 1.66. The lowest BCUT2D eigenvalue weighted by atomic mass is 9.79. The summed E-state index contributed by atoms with van der Waals surface area (Å²) in [4.78, 5) is 23.3. The van der Waals surface area contributed by atoms with E-state index in [0.29, 0.717) is 12.2 Å². The molecule has 2 aliphatic heterocycles. The predicted molar refractivity (Wildman–Crippen MR) is 60.4 cm³/mol. The fourth-order valence-corrected chi connectivity index (χ4v) is 3.02. The predicted octanol–water partition coefficient (Wildman–Crippen LogP) is -0.561. The van der Waals surface area contributed by atoms with E-state index in [0.717, 1.165) is 6.42 Å². The second kappa shape index (κ2) is 4.70. The van der Waals surface area contributed by atoms with Gasteiger partial charge >= 0.3 is 0 Å². The van der Waals surface area contributed by atoms with Crippen LogP contribution in [0, 0.1) is 11.8 Å². The Hall–Kier alpha value is -1.82. The van der Waals surface area contributed by atoms with Crippen molar-refractivity contribution in [2.75, 3.05) is 0 Å². The fourth-order valence-electron chi connectivity index (χ4n) is 3.02. The van der Waals surface area contributed by atoms with E-state index in [4.69, 9.17) is 9.15 Å². The van der Waals surface area contributed by atoms with Crippen LogP contribution >= 0.6 is 0 Å². The Morgan fingerprint density at radius 2 is 2.05 bits per heavy atom. The van der Waals surface area contributed by atoms with Gasteiger partial charge in [0, 0.05) is 11.9 Å². The molecule has 3 heterocycles. The average Bonchev–Trinajstić information content (AvgIpc) is 3.10. The van der Waals surface area contributed by atoms with Gasteiger partial charge in [0.25, 0.3) is 0 Å². The molecule has 2 fully saturated rings. The summed E-state index contributed by atoms with van der Waals surface area (Å²) in [5, 5.41) is 13.8. The molecule has 2 bridgehead atoms. The van der Waals surface area contributed by atoms with Crippen LogP contribution < -0.4 is 10.4 Å². The number of nitrogens with one attached hydrogen (secondary N) is 1. The molecule has 1 aromatic rings. The zero-order valence-corrected chi connectivity index (χ0v) is 10.2. The van der Waals surface area contributed by atoms with Gasteiger partial charge in [-0.05, 0) is 25.0 Å². The first-order chi connectivity index (χ1) is 9.16. The van der Waals surface area contributed by atoms with Crippen molar-refractivity contribution in [1.82, 2.24) is 5.32 Å². The molecule has 0 spiro atoms. The molecule has 19 heavy (non-hydrogen) atoms. The minimum atomic E-state index is -1.20. The second-order valence-corrected chi connectivity index (χ2v) is 4.96. The summed E-state index contributed by atoms with van der Waals surface area (Å²) in [6.07, 6.45) is 2.25. The van der Waals surface area contributed by atoms with Crippen molar-refractivity contribution in [1.29, 1.82) is 0 Å². The van der Waals surface area contributed by atoms with Crippen molar-refractivity contribution >= 4 is 11.9 Å². The maximum atomic E-state index is 12.1. The molecule has 6 heteroatoms. The number of rotatable bonds is 4. The van der Waals surface area contributed by atoms with E-state index in [-0.39, 0.29) is 24.7 Å². The van der Waals surface area contributed by atoms with Gasteiger partial charge in [0.05, 0.1) is 30.9 Å². The van der Waals surface area contributed by atoms with Crippen molar-refractivity contribution in [3.63, 3.8) is 0 Å². The number of hydrogen-bond donors (Lipinski definition) is 1. The summed E-state index contributed by atoms with van der Waals surface area (Å²) in [6.45, 7) is 0.249. The molecule has 1 amide bonds. The van der Waals surface area contributed by atoms with Crippen molar-refractivity contribution < 1.29 is 23.8 Å². The van der Waals surface area contributed by atoms with E-state index in [1.165, 1.54) is 6.26 Å². The Bertz CT molecular complexity index is 483. The van der Waals surface area contributed by atoms with E-state index >= 15 is 0 Å². The van der Waals surface area contributed by atoms with Crippen LogP contribution in [0.1, 0.15) is 18.6 Å². The van der Waals surface area contributed by atoms with Gasteiger partial charge in [-0.25, -0.2) is 0 Å². The van der Waals surface area contributed by atoms with Crippen molar-refractivity contribution in [2.45, 2.75) is 31.6 Å². The van der Waals surface area contributed by atoms with Gasteiger partial charge in [-0.15, -0.1) is 0 Å². The summed E-state index contributed by atoms with van der Waals surface area (Å²) < 4.78 is 10.6. The number of hydrogen-bond acceptors (Lipinski definition) is 5. The van der Waals surface area contributed by atoms with E-state index in [1.54, 1.807) is 12.1 Å². The SMILES string of the molecule is O=C(NCc1ccco1)[C@@H]1[C@H](C(=O)[O-])[C@@H]2CC[C@H]1O2. The highest BCUT2D eigenvalue weighted by molar-refractivity contribution is 5.85. The van der Waals surface area contributed by atoms with Crippen LogP contribution in [-0.2, 0) is 20.9 Å². The van der Waals surface area contributed by atoms with Crippen molar-refractivity contribution in [2.24, 2.45) is 11.8 Å². The number of carboxylic acids is 1. The van der Waals surface area contributed by atoms with Crippen LogP contribution in [0.25, 0.3) is 0 Å². The quantitative estimate of drug-likeness (QED) is 0.787. The Labute approximate surface area is 109 Å². The molecule has 4 atom stereocenters. The van der Waals surface area contributed by atoms with Crippen LogP contribution in [0.15, 0.2) is 22.8 Å². The first-order valence-corrected chi connectivity index (χ1v) is 6.33. The highest BCUT2D eigenvalue weighted by Gasteiger charge is 2.52. The van der Waals surface area contributed by atoms with Crippen LogP contribution in [0.5, 0.6) is 0 Å². The highest BCUT2D eigenvalue weighted by Crippen LogP contribution is 2.43. The Kier molecular flexibility index (Phi) is 3.02. The Morgan fingerprint density at radius 1 is 1.32 bits per heavy atom. The van der Waals surface area contributed by atoms with Crippen LogP contribution in [-0.4, -0.2) is 24.1 Å². The van der Waals surface area contributed by atoms with Gasteiger partial charge in [-0.2, -0.15) is 0 Å². The summed E-state index contributed by atoms with van der Waals surface area (Å²) in [6, 6.07) is 3.47. The van der Waals surface area contributed by atoms with Gasteiger partial charge in [-0.3, -0.25) is 4.79 Å². The maximum Gasteiger partial charge on any atom is 0.226 e. The zero-order valence-electron chi connectivity index (χ0n) is 10.2. The van der Waals surface area contributed by atoms with Gasteiger partial charge in [0.2, 0.25) is 5.91 Å². The first-order valence-electron chi connectivity index (χ1n) is 6.33. The van der Waals surface area contributed by atoms with Gasteiger partial charge in [0.1, 0.15) is 5.76 Å². The molecule has 0 radical (unpaired) electrons. The molecule has 2 aliphatic rings. The molecular weight excluding hydrogens is 250 g/mol. The van der Waals surface area contributed by atoms with Gasteiger partial charge < -0.3 is 24.4 Å². The molecule has 2 saturated heterocycles. The maximum absolute atomic E-state index is 12.1. The van der Waals surface area contributed by atoms with Crippen LogP contribution in [0.3, 0.4) is 0 Å². The number of aliphatic carboxylic acids is 1. The van der Waals surface area contributed by atoms with Gasteiger partial charge in [0.15, 0.2) is 0 Å². The third-order valence-corrected chi connectivity index (χ3v) is 3.87. The third kappa shape index (κ3) is 2.12. The number of furan rings is 1. The normalized spacial score (nSPS) is 32.4. The summed E-state index contributed by atoms with van der Waals surface area (Å²) in [5.41, 5.74) is 0. The summed E-state index contributed by atoms with van der Waals surface area (Å²) >= 11 is 0. The van der Waals surface area contributed by atoms with E-state index < -0.39 is 17.8 Å². The standard InChI is InChI=1S/C13H15NO5/c15-12(14-6-7-2-1-5-18-7)10-8-3-4-9(19-8)11(10)13(16)17/h1-2,5,8-11H,3-4,6H2,(H,14,15)(H,16,17)/p-1/t8-,9+,10+,11-/m1/s1. The number of carboxylic acid groups (broad SMARTS) is 1. The third-order valence-electron chi connectivity index (χ3n) is 3.87. The van der Waals surface area contributed by atoms with E-state index in [1.807, 2.05) is 0 Å². The Morgan fingerprint density at radius 3 is 2.68 bits per heavy atom. The van der Waals surface area contributed by atoms with E-state index in [9.17, 15) is 14.7 Å². The number of carbonyl (C=O) groups is 2. The minimum absolute atomic E-state index is 0.249. The zero-order chi connectivity index (χ0) is 13.4. The number of carbonyl (C=O) groups excluding carboxylic acids is 2. The monoisotopic (exact) mass is 264 g/mol. The lowest BCUT2D eigenvalue weighted by Crippen LogP contribution is -2.48. The van der Waals surface area contributed by atoms with Crippen LogP contribution in [0.2, 0.25) is 0 Å². The largest absolute Gasteiger partial charge is 0.550 e. The lowest BCUT2D eigenvalue weighted by Gasteiger charge is -2.27.